The van der Waals surface area contributed by atoms with Crippen LogP contribution in [-0.2, 0) is 9.53 Å². The summed E-state index contributed by atoms with van der Waals surface area (Å²) in [5.41, 5.74) is 0.268. The molecule has 0 bridgehead atoms. The Bertz CT molecular complexity index is 710. The number of benzene rings is 1. The summed E-state index contributed by atoms with van der Waals surface area (Å²) in [7, 11) is 1.31. The van der Waals surface area contributed by atoms with Crippen LogP contribution in [0.25, 0.3) is 10.9 Å². The van der Waals surface area contributed by atoms with E-state index in [1.165, 1.54) is 25.4 Å². The first-order chi connectivity index (χ1) is 10.4. The fourth-order valence-electron chi connectivity index (χ4n) is 2.28. The molecule has 6 heteroatoms. The molecule has 0 fully saturated rings. The number of hydrogen-bond acceptors (Lipinski definition) is 3. The topological polar surface area (TPSA) is 71.2 Å². The third kappa shape index (κ3) is 3.27. The number of H-pyrrole nitrogens is 1. The average molecular weight is 306 g/mol. The second kappa shape index (κ2) is 6.17. The van der Waals surface area contributed by atoms with Gasteiger partial charge in [-0.2, -0.15) is 0 Å². The van der Waals surface area contributed by atoms with Crippen LogP contribution in [0.15, 0.2) is 24.4 Å². The number of hydrogen-bond donors (Lipinski definition) is 2. The summed E-state index contributed by atoms with van der Waals surface area (Å²) in [6.45, 7) is 3.67. The largest absolute Gasteiger partial charge is 0.469 e. The smallest absolute Gasteiger partial charge is 0.307 e. The summed E-state index contributed by atoms with van der Waals surface area (Å²) in [5.74, 6) is -1.07. The van der Waals surface area contributed by atoms with Crippen molar-refractivity contribution in [2.45, 2.75) is 32.2 Å². The van der Waals surface area contributed by atoms with Gasteiger partial charge in [0.15, 0.2) is 0 Å². The van der Waals surface area contributed by atoms with Gasteiger partial charge in [0.25, 0.3) is 5.91 Å². The van der Waals surface area contributed by atoms with Gasteiger partial charge in [-0.15, -0.1) is 0 Å². The molecule has 0 saturated carbocycles. The number of esters is 1. The molecule has 1 aromatic carbocycles. The van der Waals surface area contributed by atoms with E-state index in [1.54, 1.807) is 13.0 Å². The first kappa shape index (κ1) is 16.0. The van der Waals surface area contributed by atoms with Gasteiger partial charge >= 0.3 is 5.97 Å². The van der Waals surface area contributed by atoms with E-state index in [2.05, 4.69) is 15.0 Å². The van der Waals surface area contributed by atoms with E-state index in [0.29, 0.717) is 22.9 Å². The molecule has 0 radical (unpaired) electrons. The first-order valence-electron chi connectivity index (χ1n) is 7.04. The molecule has 0 unspecified atom stereocenters. The standard InChI is InChI=1S/C16H19FN2O3/c1-4-16(2,8-14(20)22-3)19-15(21)12-9-18-13-7-10(17)5-6-11(12)13/h5-7,9,18H,4,8H2,1-3H3,(H,19,21)/t16-/m1/s1. The van der Waals surface area contributed by atoms with Crippen LogP contribution in [0.1, 0.15) is 37.0 Å². The Balaban J connectivity index is 2.24. The summed E-state index contributed by atoms with van der Waals surface area (Å²) >= 11 is 0. The van der Waals surface area contributed by atoms with Crippen LogP contribution in [0.4, 0.5) is 4.39 Å². The van der Waals surface area contributed by atoms with Crippen LogP contribution in [0.5, 0.6) is 0 Å². The molecular weight excluding hydrogens is 287 g/mol. The lowest BCUT2D eigenvalue weighted by atomic mass is 9.94. The van der Waals surface area contributed by atoms with Gasteiger partial charge < -0.3 is 15.0 Å². The molecule has 1 aromatic heterocycles. The molecule has 0 aliphatic heterocycles. The minimum atomic E-state index is -0.701. The average Bonchev–Trinajstić information content (AvgIpc) is 2.89. The summed E-state index contributed by atoms with van der Waals surface area (Å²) in [6.07, 6.45) is 2.20. The zero-order chi connectivity index (χ0) is 16.3. The third-order valence-corrected chi connectivity index (χ3v) is 3.85. The number of methoxy groups -OCH3 is 1. The van der Waals surface area contributed by atoms with Crippen molar-refractivity contribution in [1.29, 1.82) is 0 Å². The van der Waals surface area contributed by atoms with E-state index in [9.17, 15) is 14.0 Å². The van der Waals surface area contributed by atoms with E-state index in [1.807, 2.05) is 6.92 Å². The first-order valence-corrected chi connectivity index (χ1v) is 7.04. The van der Waals surface area contributed by atoms with E-state index in [0.717, 1.165) is 0 Å². The van der Waals surface area contributed by atoms with Gasteiger partial charge in [-0.05, 0) is 31.5 Å². The Morgan fingerprint density at radius 2 is 2.14 bits per heavy atom. The Morgan fingerprint density at radius 3 is 2.77 bits per heavy atom. The van der Waals surface area contributed by atoms with E-state index < -0.39 is 5.54 Å². The van der Waals surface area contributed by atoms with Gasteiger partial charge in [0, 0.05) is 22.6 Å². The van der Waals surface area contributed by atoms with Crippen molar-refractivity contribution in [3.8, 4) is 0 Å². The Labute approximate surface area is 127 Å². The number of nitrogens with one attached hydrogen (secondary N) is 2. The highest BCUT2D eigenvalue weighted by atomic mass is 19.1. The lowest BCUT2D eigenvalue weighted by Gasteiger charge is -2.28. The van der Waals surface area contributed by atoms with Gasteiger partial charge in [-0.25, -0.2) is 4.39 Å². The van der Waals surface area contributed by atoms with Crippen LogP contribution >= 0.6 is 0 Å². The molecule has 2 aromatic rings. The van der Waals surface area contributed by atoms with Crippen LogP contribution in [0.3, 0.4) is 0 Å². The van der Waals surface area contributed by atoms with Crippen molar-refractivity contribution in [2.24, 2.45) is 0 Å². The lowest BCUT2D eigenvalue weighted by Crippen LogP contribution is -2.47. The summed E-state index contributed by atoms with van der Waals surface area (Å²) in [4.78, 5) is 26.8. The fraction of sp³-hybridized carbons (Fsp3) is 0.375. The highest BCUT2D eigenvalue weighted by Crippen LogP contribution is 2.21. The number of ether oxygens (including phenoxy) is 1. The highest BCUT2D eigenvalue weighted by Gasteiger charge is 2.29. The summed E-state index contributed by atoms with van der Waals surface area (Å²) < 4.78 is 17.8. The number of aromatic nitrogens is 1. The Morgan fingerprint density at radius 1 is 1.41 bits per heavy atom. The van der Waals surface area contributed by atoms with Crippen LogP contribution in [0.2, 0.25) is 0 Å². The predicted octanol–water partition coefficient (Wildman–Crippen LogP) is 2.77. The van der Waals surface area contributed by atoms with Gasteiger partial charge in [0.05, 0.1) is 19.1 Å². The highest BCUT2D eigenvalue weighted by molar-refractivity contribution is 6.07. The molecule has 0 saturated heterocycles. The predicted molar refractivity (Wildman–Crippen MR) is 81.1 cm³/mol. The number of halogens is 1. The molecular formula is C16H19FN2O3. The fourth-order valence-corrected chi connectivity index (χ4v) is 2.28. The number of carbonyl (C=O) groups excluding carboxylic acids is 2. The summed E-state index contributed by atoms with van der Waals surface area (Å²) in [5, 5.41) is 3.50. The normalized spacial score (nSPS) is 13.6. The van der Waals surface area contributed by atoms with Gasteiger partial charge in [-0.1, -0.05) is 6.92 Å². The Hall–Kier alpha value is -2.37. The van der Waals surface area contributed by atoms with Crippen LogP contribution < -0.4 is 5.32 Å². The Kier molecular flexibility index (Phi) is 4.49. The van der Waals surface area contributed by atoms with Crippen molar-refractivity contribution in [1.82, 2.24) is 10.3 Å². The molecule has 5 nitrogen and oxygen atoms in total. The molecule has 22 heavy (non-hydrogen) atoms. The zero-order valence-electron chi connectivity index (χ0n) is 12.8. The van der Waals surface area contributed by atoms with Crippen molar-refractivity contribution >= 4 is 22.8 Å². The van der Waals surface area contributed by atoms with Crippen molar-refractivity contribution in [3.05, 3.63) is 35.8 Å². The van der Waals surface area contributed by atoms with Crippen molar-refractivity contribution < 1.29 is 18.7 Å². The maximum Gasteiger partial charge on any atom is 0.307 e. The molecule has 2 N–H and O–H groups in total. The molecule has 2 rings (SSSR count). The van der Waals surface area contributed by atoms with E-state index in [4.69, 9.17) is 0 Å². The van der Waals surface area contributed by atoms with Crippen molar-refractivity contribution in [3.63, 3.8) is 0 Å². The SMILES string of the molecule is CC[C@](C)(CC(=O)OC)NC(=O)c1c[nH]c2cc(F)ccc12. The molecule has 0 spiro atoms. The molecule has 1 atom stereocenters. The molecule has 0 aliphatic carbocycles. The third-order valence-electron chi connectivity index (χ3n) is 3.85. The number of fused-ring (bicyclic) bond motifs is 1. The number of aromatic amines is 1. The second-order valence-corrected chi connectivity index (χ2v) is 5.51. The summed E-state index contributed by atoms with van der Waals surface area (Å²) in [6, 6.07) is 4.19. The van der Waals surface area contributed by atoms with Gasteiger partial charge in [0.1, 0.15) is 5.82 Å². The number of rotatable bonds is 5. The maximum atomic E-state index is 13.2. The van der Waals surface area contributed by atoms with E-state index >= 15 is 0 Å². The number of amides is 1. The minimum absolute atomic E-state index is 0.0860. The van der Waals surface area contributed by atoms with Crippen LogP contribution in [-0.4, -0.2) is 29.5 Å². The van der Waals surface area contributed by atoms with E-state index in [-0.39, 0.29) is 24.1 Å². The van der Waals surface area contributed by atoms with Gasteiger partial charge in [-0.3, -0.25) is 9.59 Å². The number of carbonyl (C=O) groups is 2. The molecule has 1 heterocycles. The molecule has 0 aliphatic rings. The second-order valence-electron chi connectivity index (χ2n) is 5.51. The maximum absolute atomic E-state index is 13.2. The van der Waals surface area contributed by atoms with Crippen molar-refractivity contribution in [2.75, 3.05) is 7.11 Å². The molecule has 118 valence electrons. The molecule has 1 amide bonds. The zero-order valence-corrected chi connectivity index (χ0v) is 12.8. The lowest BCUT2D eigenvalue weighted by molar-refractivity contribution is -0.142. The van der Waals surface area contributed by atoms with Crippen LogP contribution in [0, 0.1) is 5.82 Å². The minimum Gasteiger partial charge on any atom is -0.469 e. The monoisotopic (exact) mass is 306 g/mol. The quantitative estimate of drug-likeness (QED) is 0.834. The van der Waals surface area contributed by atoms with Gasteiger partial charge in [0.2, 0.25) is 0 Å².